The van der Waals surface area contributed by atoms with Crippen LogP contribution in [0.15, 0.2) is 404 Å². The van der Waals surface area contributed by atoms with Gasteiger partial charge in [-0.3, -0.25) is 13.7 Å². The number of furan rings is 5. The van der Waals surface area contributed by atoms with Crippen molar-refractivity contribution in [2.24, 2.45) is 0 Å². The number of para-hydroxylation sites is 10. The molecule has 12 aromatic heterocycles. The fourth-order valence-corrected chi connectivity index (χ4v) is 21.1. The quantitative estimate of drug-likeness (QED) is 0.156. The number of fused-ring (bicyclic) bond motifs is 30. The van der Waals surface area contributed by atoms with Gasteiger partial charge in [0.05, 0.1) is 33.1 Å². The molecule has 0 saturated carbocycles. The Morgan fingerprint density at radius 2 is 0.535 bits per heavy atom. The molecule has 0 N–H and O–H groups in total. The summed E-state index contributed by atoms with van der Waals surface area (Å²) in [6.07, 6.45) is 0. The largest absolute Gasteiger partial charge is 0.456 e. The van der Waals surface area contributed by atoms with E-state index >= 15 is 0 Å². The molecule has 0 radical (unpaired) electrons. The van der Waals surface area contributed by atoms with E-state index in [4.69, 9.17) is 52.0 Å². The summed E-state index contributed by atoms with van der Waals surface area (Å²) in [5.41, 5.74) is 21.4. The molecular weight excluding hydrogens is 1610 g/mol. The number of rotatable bonds is 6. The normalized spacial score (nSPS) is 12.2. The number of nitrogens with zero attached hydrogens (tertiary/aromatic N) is 9. The van der Waals surface area contributed by atoms with Gasteiger partial charge in [0, 0.05) is 102 Å². The van der Waals surface area contributed by atoms with Crippen LogP contribution in [0.2, 0.25) is 0 Å². The molecule has 15 heteroatoms. The molecule has 0 atom stereocenters. The third kappa shape index (κ3) is 10.7. The highest BCUT2D eigenvalue weighted by Gasteiger charge is 2.30. The lowest BCUT2D eigenvalue weighted by Crippen LogP contribution is -2.03. The van der Waals surface area contributed by atoms with Gasteiger partial charge in [-0.2, -0.15) is 4.98 Å². The van der Waals surface area contributed by atoms with Gasteiger partial charge in [0.15, 0.2) is 17.5 Å². The molecule has 18 aromatic carbocycles. The van der Waals surface area contributed by atoms with Gasteiger partial charge in [0.2, 0.25) is 11.4 Å². The zero-order chi connectivity index (χ0) is 84.2. The van der Waals surface area contributed by atoms with Crippen LogP contribution in [0.4, 0.5) is 0 Å². The molecule has 0 saturated heterocycles. The topological polar surface area (TPSA) is 158 Å². The van der Waals surface area contributed by atoms with Crippen molar-refractivity contribution < 1.29 is 22.1 Å². The first-order chi connectivity index (χ1) is 63.9. The summed E-state index contributed by atoms with van der Waals surface area (Å²) in [4.78, 5) is 33.1. The second-order valence-corrected chi connectivity index (χ2v) is 34.0. The average Bonchev–Trinajstić information content (AvgIpc) is 1.57. The zero-order valence-corrected chi connectivity index (χ0v) is 69.2. The molecule has 600 valence electrons. The van der Waals surface area contributed by atoms with Crippen LogP contribution in [0.3, 0.4) is 0 Å². The lowest BCUT2D eigenvalue weighted by atomic mass is 10.0. The Hall–Kier alpha value is -17.4. The van der Waals surface area contributed by atoms with Gasteiger partial charge < -0.3 is 22.1 Å². The Labute approximate surface area is 733 Å². The Morgan fingerprint density at radius 1 is 0.202 bits per heavy atom. The van der Waals surface area contributed by atoms with E-state index in [1.54, 1.807) is 11.3 Å². The first-order valence-electron chi connectivity index (χ1n) is 43.0. The Morgan fingerprint density at radius 3 is 1.03 bits per heavy atom. The van der Waals surface area contributed by atoms with Crippen LogP contribution in [0.5, 0.6) is 0 Å². The van der Waals surface area contributed by atoms with Gasteiger partial charge in [0.25, 0.3) is 0 Å². The second-order valence-electron chi connectivity index (χ2n) is 33.0. The molecule has 129 heavy (non-hydrogen) atoms. The van der Waals surface area contributed by atoms with E-state index in [1.165, 1.54) is 58.6 Å². The summed E-state index contributed by atoms with van der Waals surface area (Å²) < 4.78 is 39.9. The van der Waals surface area contributed by atoms with Gasteiger partial charge >= 0.3 is 0 Å². The maximum Gasteiger partial charge on any atom is 0.248 e. The molecular formula is C114H63N9O5S. The predicted molar refractivity (Wildman–Crippen MR) is 527 cm³/mol. The summed E-state index contributed by atoms with van der Waals surface area (Å²) in [5.74, 6) is 2.24. The summed E-state index contributed by atoms with van der Waals surface area (Å²) in [6.45, 7) is 0. The standard InChI is InChI=1S/2C38H21N3O2.C38H21N3OS/c1-2-11-23-21-31-29(20-22(23)10-1)24-12-3-6-17-30(24)41(31)37-34(40-38-35(39-37)27-14-5-8-19-33(27)43-38)28-16-9-15-26-25-13-4-7-18-32(25)42-36(26)28;1-2-11-23-21-30-28(20-22(23)10-1)24-12-3-6-16-29(24)41(30)37-35(39-36-26-14-5-8-18-32(26)43-38(36)40-37)27-15-9-19-33-34(27)25-13-4-7-17-31(25)42-33;1-2-11-23-21-31-29(20-22(23)10-1)24-12-3-6-17-30(24)41(31)37-34(40-38-35(39-37)27-14-5-8-19-33(27)43-38)28-16-9-15-26-25-13-4-7-18-32(25)42-36(26)28/h3*1-21H. The minimum atomic E-state index is 0.499. The SMILES string of the molecule is c1ccc2cc3c(cc2c1)c1ccccc1n3-c1nc2c(nc1-c1cccc3c1oc1ccccc13)oc1ccccc12.c1ccc2cc3c(cc2c1)c1ccccc1n3-c1nc2c(nc1-c1cccc3c1oc1ccccc13)sc1ccccc12.c1ccc2cc3c(cc2c1)c1ccccc1n3-c1nc2oc3ccccc3c2nc1-c1cccc2oc3ccccc3c12. The lowest BCUT2D eigenvalue weighted by molar-refractivity contribution is 0.651. The number of benzene rings is 18. The molecule has 0 aliphatic rings. The molecule has 0 amide bonds. The van der Waals surface area contributed by atoms with Crippen molar-refractivity contribution in [2.45, 2.75) is 0 Å². The van der Waals surface area contributed by atoms with Gasteiger partial charge in [-0.15, -0.1) is 11.3 Å². The van der Waals surface area contributed by atoms with E-state index in [0.29, 0.717) is 22.9 Å². The molecule has 0 fully saturated rings. The summed E-state index contributed by atoms with van der Waals surface area (Å²) in [6, 6.07) is 132. The molecule has 0 aliphatic heterocycles. The Balaban J connectivity index is 0.0000000976. The van der Waals surface area contributed by atoms with Crippen molar-refractivity contribution in [1.29, 1.82) is 0 Å². The first-order valence-corrected chi connectivity index (χ1v) is 43.8. The van der Waals surface area contributed by atoms with Gasteiger partial charge in [0.1, 0.15) is 83.1 Å². The van der Waals surface area contributed by atoms with Gasteiger partial charge in [-0.25, -0.2) is 24.9 Å². The highest BCUT2D eigenvalue weighted by Crippen LogP contribution is 2.49. The number of hydrogen-bond acceptors (Lipinski definition) is 12. The molecule has 0 spiro atoms. The van der Waals surface area contributed by atoms with Gasteiger partial charge in [-0.1, -0.05) is 261 Å². The number of hydrogen-bond donors (Lipinski definition) is 0. The molecule has 30 aromatic rings. The van der Waals surface area contributed by atoms with E-state index in [-0.39, 0.29) is 0 Å². The minimum absolute atomic E-state index is 0.499. The van der Waals surface area contributed by atoms with Gasteiger partial charge in [-0.05, 0) is 154 Å². The number of thiophene rings is 1. The van der Waals surface area contributed by atoms with E-state index in [0.717, 1.165) is 198 Å². The van der Waals surface area contributed by atoms with Crippen LogP contribution < -0.4 is 0 Å². The fraction of sp³-hybridized carbons (Fsp3) is 0. The Bertz CT molecular complexity index is 9670. The van der Waals surface area contributed by atoms with Crippen LogP contribution in [-0.4, -0.2) is 43.6 Å². The first kappa shape index (κ1) is 71.1. The predicted octanol–water partition coefficient (Wildman–Crippen LogP) is 31.0. The summed E-state index contributed by atoms with van der Waals surface area (Å²) in [7, 11) is 0. The van der Waals surface area contributed by atoms with E-state index in [9.17, 15) is 0 Å². The maximum absolute atomic E-state index is 6.54. The number of aromatic nitrogens is 9. The summed E-state index contributed by atoms with van der Waals surface area (Å²) in [5, 5.41) is 23.5. The van der Waals surface area contributed by atoms with Crippen LogP contribution in [0, 0.1) is 0 Å². The lowest BCUT2D eigenvalue weighted by Gasteiger charge is -2.13. The molecule has 30 rings (SSSR count). The van der Waals surface area contributed by atoms with Crippen molar-refractivity contribution in [3.05, 3.63) is 382 Å². The molecule has 0 unspecified atom stereocenters. The molecule has 0 bridgehead atoms. The van der Waals surface area contributed by atoms with Crippen LogP contribution >= 0.6 is 11.3 Å². The highest BCUT2D eigenvalue weighted by molar-refractivity contribution is 7.25. The smallest absolute Gasteiger partial charge is 0.248 e. The molecule has 14 nitrogen and oxygen atoms in total. The van der Waals surface area contributed by atoms with Crippen molar-refractivity contribution in [2.75, 3.05) is 0 Å². The maximum atomic E-state index is 6.54. The highest BCUT2D eigenvalue weighted by atomic mass is 32.1. The molecule has 0 aliphatic carbocycles. The monoisotopic (exact) mass is 1670 g/mol. The third-order valence-electron chi connectivity index (χ3n) is 25.8. The van der Waals surface area contributed by atoms with Crippen LogP contribution in [0.25, 0.3) is 280 Å². The average molecular weight is 1670 g/mol. The van der Waals surface area contributed by atoms with Crippen LogP contribution in [0.1, 0.15) is 0 Å². The second kappa shape index (κ2) is 27.5. The van der Waals surface area contributed by atoms with Crippen LogP contribution in [-0.2, 0) is 0 Å². The zero-order valence-electron chi connectivity index (χ0n) is 68.3. The van der Waals surface area contributed by atoms with Crippen molar-refractivity contribution in [1.82, 2.24) is 43.6 Å². The van der Waals surface area contributed by atoms with Crippen molar-refractivity contribution in [3.8, 4) is 51.2 Å². The third-order valence-corrected chi connectivity index (χ3v) is 26.9. The minimum Gasteiger partial charge on any atom is -0.456 e. The Kier molecular flexibility index (Phi) is 15.2. The van der Waals surface area contributed by atoms with E-state index in [2.05, 4.69) is 287 Å². The summed E-state index contributed by atoms with van der Waals surface area (Å²) >= 11 is 1.68. The van der Waals surface area contributed by atoms with E-state index < -0.39 is 0 Å². The van der Waals surface area contributed by atoms with Crippen molar-refractivity contribution in [3.63, 3.8) is 0 Å². The molecule has 12 heterocycles. The van der Waals surface area contributed by atoms with E-state index in [1.807, 2.05) is 109 Å². The fourth-order valence-electron chi connectivity index (χ4n) is 20.0. The van der Waals surface area contributed by atoms with Crippen molar-refractivity contribution >= 4 is 240 Å².